The SMILES string of the molecule is BrCC1(COc2c(Br)cccc2Br)CCOCC1. The Kier molecular flexibility index (Phi) is 5.54. The largest absolute Gasteiger partial charge is 0.491 e. The van der Waals surface area contributed by atoms with Crippen molar-refractivity contribution in [1.82, 2.24) is 0 Å². The predicted molar refractivity (Wildman–Crippen MR) is 83.6 cm³/mol. The molecule has 1 aliphatic rings. The lowest BCUT2D eigenvalue weighted by Gasteiger charge is -2.35. The molecule has 0 unspecified atom stereocenters. The molecule has 0 aliphatic carbocycles. The van der Waals surface area contributed by atoms with Gasteiger partial charge in [0.1, 0.15) is 5.75 Å². The molecule has 0 N–H and O–H groups in total. The van der Waals surface area contributed by atoms with E-state index in [9.17, 15) is 0 Å². The fourth-order valence-corrected chi connectivity index (χ4v) is 3.92. The fourth-order valence-electron chi connectivity index (χ4n) is 1.97. The smallest absolute Gasteiger partial charge is 0.147 e. The Hall–Kier alpha value is 0.420. The Morgan fingerprint density at radius 3 is 2.33 bits per heavy atom. The Morgan fingerprint density at radius 1 is 1.17 bits per heavy atom. The molecule has 0 atom stereocenters. The quantitative estimate of drug-likeness (QED) is 0.624. The first-order valence-electron chi connectivity index (χ1n) is 5.87. The minimum Gasteiger partial charge on any atom is -0.491 e. The van der Waals surface area contributed by atoms with Crippen LogP contribution in [0.15, 0.2) is 27.1 Å². The summed E-state index contributed by atoms with van der Waals surface area (Å²) in [5.41, 5.74) is 0.187. The zero-order valence-electron chi connectivity index (χ0n) is 9.93. The molecule has 1 aromatic rings. The maximum Gasteiger partial charge on any atom is 0.147 e. The van der Waals surface area contributed by atoms with E-state index < -0.39 is 0 Å². The molecule has 0 spiro atoms. The number of ether oxygens (including phenoxy) is 2. The van der Waals surface area contributed by atoms with Crippen molar-refractivity contribution in [2.45, 2.75) is 12.8 Å². The van der Waals surface area contributed by atoms with Crippen LogP contribution in [0.25, 0.3) is 0 Å². The van der Waals surface area contributed by atoms with E-state index in [0.29, 0.717) is 6.61 Å². The lowest BCUT2D eigenvalue weighted by molar-refractivity contribution is 0.00328. The molecule has 2 nitrogen and oxygen atoms in total. The third-order valence-electron chi connectivity index (χ3n) is 3.28. The minimum absolute atomic E-state index is 0.187. The van der Waals surface area contributed by atoms with E-state index in [4.69, 9.17) is 9.47 Å². The highest BCUT2D eigenvalue weighted by molar-refractivity contribution is 9.11. The second-order valence-corrected chi connectivity index (χ2v) is 6.85. The highest BCUT2D eigenvalue weighted by atomic mass is 79.9. The van der Waals surface area contributed by atoms with E-state index in [2.05, 4.69) is 47.8 Å². The molecule has 1 fully saturated rings. The Labute approximate surface area is 133 Å². The van der Waals surface area contributed by atoms with Crippen molar-refractivity contribution in [3.05, 3.63) is 27.1 Å². The normalized spacial score (nSPS) is 18.6. The molecule has 1 aromatic carbocycles. The van der Waals surface area contributed by atoms with Gasteiger partial charge in [0, 0.05) is 24.0 Å². The number of benzene rings is 1. The van der Waals surface area contributed by atoms with Gasteiger partial charge in [-0.3, -0.25) is 0 Å². The minimum atomic E-state index is 0.187. The van der Waals surface area contributed by atoms with Crippen molar-refractivity contribution >= 4 is 47.8 Å². The molecule has 0 bridgehead atoms. The lowest BCUT2D eigenvalue weighted by atomic mass is 9.83. The van der Waals surface area contributed by atoms with Gasteiger partial charge in [0.15, 0.2) is 0 Å². The average molecular weight is 443 g/mol. The first kappa shape index (κ1) is 14.8. The summed E-state index contributed by atoms with van der Waals surface area (Å²) >= 11 is 10.7. The third-order valence-corrected chi connectivity index (χ3v) is 5.72. The van der Waals surface area contributed by atoms with Crippen LogP contribution >= 0.6 is 47.8 Å². The number of hydrogen-bond acceptors (Lipinski definition) is 2. The predicted octanol–water partition coefficient (Wildman–Crippen LogP) is 4.78. The maximum absolute atomic E-state index is 6.02. The van der Waals surface area contributed by atoms with Crippen LogP contribution in [0.2, 0.25) is 0 Å². The fraction of sp³-hybridized carbons (Fsp3) is 0.538. The molecule has 0 aromatic heterocycles. The van der Waals surface area contributed by atoms with Gasteiger partial charge in [-0.1, -0.05) is 22.0 Å². The summed E-state index contributed by atoms with van der Waals surface area (Å²) in [6, 6.07) is 5.96. The van der Waals surface area contributed by atoms with Crippen LogP contribution in [-0.2, 0) is 4.74 Å². The highest BCUT2D eigenvalue weighted by Gasteiger charge is 2.32. The summed E-state index contributed by atoms with van der Waals surface area (Å²) in [6.07, 6.45) is 2.08. The van der Waals surface area contributed by atoms with Gasteiger partial charge in [0.05, 0.1) is 15.6 Å². The zero-order valence-corrected chi connectivity index (χ0v) is 14.7. The van der Waals surface area contributed by atoms with Gasteiger partial charge in [-0.25, -0.2) is 0 Å². The van der Waals surface area contributed by atoms with Crippen molar-refractivity contribution in [3.63, 3.8) is 0 Å². The molecule has 100 valence electrons. The molecule has 18 heavy (non-hydrogen) atoms. The van der Waals surface area contributed by atoms with Crippen LogP contribution in [0, 0.1) is 5.41 Å². The van der Waals surface area contributed by atoms with E-state index in [0.717, 1.165) is 46.1 Å². The number of alkyl halides is 1. The molecule has 1 heterocycles. The molecule has 0 radical (unpaired) electrons. The van der Waals surface area contributed by atoms with E-state index >= 15 is 0 Å². The number of rotatable bonds is 4. The van der Waals surface area contributed by atoms with Crippen LogP contribution in [0.5, 0.6) is 5.75 Å². The second-order valence-electron chi connectivity index (χ2n) is 4.59. The summed E-state index contributed by atoms with van der Waals surface area (Å²) in [5, 5.41) is 0.950. The van der Waals surface area contributed by atoms with Crippen molar-refractivity contribution in [2.24, 2.45) is 5.41 Å². The lowest BCUT2D eigenvalue weighted by Crippen LogP contribution is -2.36. The van der Waals surface area contributed by atoms with Crippen LogP contribution in [0.1, 0.15) is 12.8 Å². The van der Waals surface area contributed by atoms with E-state index in [-0.39, 0.29) is 5.41 Å². The highest BCUT2D eigenvalue weighted by Crippen LogP contribution is 2.37. The summed E-state index contributed by atoms with van der Waals surface area (Å²) in [4.78, 5) is 0. The van der Waals surface area contributed by atoms with Crippen LogP contribution in [0.3, 0.4) is 0 Å². The van der Waals surface area contributed by atoms with Crippen molar-refractivity contribution in [1.29, 1.82) is 0 Å². The van der Waals surface area contributed by atoms with Crippen LogP contribution < -0.4 is 4.74 Å². The van der Waals surface area contributed by atoms with Gasteiger partial charge in [0.25, 0.3) is 0 Å². The van der Waals surface area contributed by atoms with Gasteiger partial charge in [0.2, 0.25) is 0 Å². The van der Waals surface area contributed by atoms with Crippen molar-refractivity contribution < 1.29 is 9.47 Å². The standard InChI is InChI=1S/C13H15Br3O2/c14-8-13(4-6-17-7-5-13)9-18-12-10(15)2-1-3-11(12)16/h1-3H,4-9H2. The van der Waals surface area contributed by atoms with E-state index in [1.165, 1.54) is 0 Å². The van der Waals surface area contributed by atoms with E-state index in [1.807, 2.05) is 18.2 Å². The van der Waals surface area contributed by atoms with Gasteiger partial charge < -0.3 is 9.47 Å². The summed E-state index contributed by atoms with van der Waals surface area (Å²) in [7, 11) is 0. The molecule has 1 saturated heterocycles. The Balaban J connectivity index is 2.05. The molecular formula is C13H15Br3O2. The molecule has 0 saturated carbocycles. The number of halogens is 3. The van der Waals surface area contributed by atoms with Crippen molar-refractivity contribution in [2.75, 3.05) is 25.2 Å². The third kappa shape index (κ3) is 3.50. The first-order chi connectivity index (χ1) is 8.67. The van der Waals surface area contributed by atoms with Gasteiger partial charge in [-0.2, -0.15) is 0 Å². The number of para-hydroxylation sites is 1. The Bertz CT molecular complexity index is 383. The van der Waals surface area contributed by atoms with Crippen LogP contribution in [0.4, 0.5) is 0 Å². The van der Waals surface area contributed by atoms with Gasteiger partial charge in [-0.15, -0.1) is 0 Å². The summed E-state index contributed by atoms with van der Waals surface area (Å²) in [5.74, 6) is 0.879. The molecule has 5 heteroatoms. The van der Waals surface area contributed by atoms with Gasteiger partial charge >= 0.3 is 0 Å². The van der Waals surface area contributed by atoms with Crippen molar-refractivity contribution in [3.8, 4) is 5.75 Å². The molecular weight excluding hydrogens is 428 g/mol. The second kappa shape index (κ2) is 6.73. The van der Waals surface area contributed by atoms with E-state index in [1.54, 1.807) is 0 Å². The molecule has 0 amide bonds. The zero-order chi connectivity index (χ0) is 13.0. The average Bonchev–Trinajstić information content (AvgIpc) is 2.39. The Morgan fingerprint density at radius 2 is 1.78 bits per heavy atom. The topological polar surface area (TPSA) is 18.5 Å². The summed E-state index contributed by atoms with van der Waals surface area (Å²) in [6.45, 7) is 2.36. The molecule has 2 rings (SSSR count). The summed E-state index contributed by atoms with van der Waals surface area (Å²) < 4.78 is 13.4. The van der Waals surface area contributed by atoms with Gasteiger partial charge in [-0.05, 0) is 56.8 Å². The first-order valence-corrected chi connectivity index (χ1v) is 8.58. The molecule has 1 aliphatic heterocycles. The van der Waals surface area contributed by atoms with Crippen LogP contribution in [-0.4, -0.2) is 25.2 Å². The number of hydrogen-bond donors (Lipinski definition) is 0. The maximum atomic E-state index is 6.02. The monoisotopic (exact) mass is 440 g/mol.